The number of carbonyl (C=O) groups is 1. The molecule has 1 aromatic carbocycles. The summed E-state index contributed by atoms with van der Waals surface area (Å²) >= 11 is 0. The van der Waals surface area contributed by atoms with E-state index >= 15 is 0 Å². The minimum absolute atomic E-state index is 0.139. The first kappa shape index (κ1) is 14.8. The molecule has 108 valence electrons. The molecule has 1 aromatic rings. The van der Waals surface area contributed by atoms with Crippen LogP contribution in [0.3, 0.4) is 0 Å². The first-order valence-corrected chi connectivity index (χ1v) is 7.18. The third-order valence-corrected chi connectivity index (χ3v) is 4.03. The van der Waals surface area contributed by atoms with E-state index in [-0.39, 0.29) is 5.97 Å². The quantitative estimate of drug-likeness (QED) is 0.624. The fourth-order valence-electron chi connectivity index (χ4n) is 2.78. The molecule has 20 heavy (non-hydrogen) atoms. The van der Waals surface area contributed by atoms with Crippen molar-refractivity contribution in [1.29, 1.82) is 0 Å². The van der Waals surface area contributed by atoms with Crippen molar-refractivity contribution in [3.63, 3.8) is 0 Å². The second-order valence-corrected chi connectivity index (χ2v) is 5.49. The predicted molar refractivity (Wildman–Crippen MR) is 80.6 cm³/mol. The highest BCUT2D eigenvalue weighted by molar-refractivity contribution is 5.86. The normalized spacial score (nSPS) is 25.7. The van der Waals surface area contributed by atoms with Gasteiger partial charge in [-0.05, 0) is 39.4 Å². The summed E-state index contributed by atoms with van der Waals surface area (Å²) in [5, 5.41) is 0. The zero-order valence-electron chi connectivity index (χ0n) is 12.5. The summed E-state index contributed by atoms with van der Waals surface area (Å²) in [6.07, 6.45) is 5.91. The molecule has 0 radical (unpaired) electrons. The highest BCUT2D eigenvalue weighted by atomic mass is 16.5. The number of nitrogens with zero attached hydrogens (tertiary/aromatic N) is 1. The van der Waals surface area contributed by atoms with E-state index in [0.717, 1.165) is 18.4 Å². The zero-order valence-corrected chi connectivity index (χ0v) is 12.5. The smallest absolute Gasteiger partial charge is 0.320 e. The molecule has 3 heteroatoms. The summed E-state index contributed by atoms with van der Waals surface area (Å²) in [5.74, 6) is -0.139. The third-order valence-electron chi connectivity index (χ3n) is 4.03. The van der Waals surface area contributed by atoms with E-state index in [2.05, 4.69) is 25.1 Å². The van der Waals surface area contributed by atoms with E-state index in [1.54, 1.807) is 0 Å². The van der Waals surface area contributed by atoms with Crippen LogP contribution in [0.2, 0.25) is 0 Å². The summed E-state index contributed by atoms with van der Waals surface area (Å²) in [4.78, 5) is 14.7. The molecule has 0 bridgehead atoms. The topological polar surface area (TPSA) is 29.5 Å². The van der Waals surface area contributed by atoms with Crippen LogP contribution < -0.4 is 0 Å². The minimum Gasteiger partial charge on any atom is -0.465 e. The van der Waals surface area contributed by atoms with Gasteiger partial charge in [0.1, 0.15) is 5.41 Å². The third kappa shape index (κ3) is 2.78. The Hall–Kier alpha value is -1.61. The SMILES string of the molecule is CCOC(=O)C1(c2ccccc2)C=CC(N(C)C)CC1. The molecule has 2 atom stereocenters. The van der Waals surface area contributed by atoms with Gasteiger partial charge < -0.3 is 9.64 Å². The van der Waals surface area contributed by atoms with E-state index in [1.165, 1.54) is 0 Å². The van der Waals surface area contributed by atoms with Gasteiger partial charge in [-0.25, -0.2) is 0 Å². The Morgan fingerprint density at radius 2 is 2.05 bits per heavy atom. The molecule has 0 N–H and O–H groups in total. The molecule has 0 spiro atoms. The molecule has 0 saturated heterocycles. The van der Waals surface area contributed by atoms with Gasteiger partial charge in [0, 0.05) is 6.04 Å². The Morgan fingerprint density at radius 3 is 2.55 bits per heavy atom. The number of ether oxygens (including phenoxy) is 1. The molecule has 1 aliphatic carbocycles. The zero-order chi connectivity index (χ0) is 14.6. The van der Waals surface area contributed by atoms with E-state index in [9.17, 15) is 4.79 Å². The van der Waals surface area contributed by atoms with Gasteiger partial charge in [0.15, 0.2) is 0 Å². The van der Waals surface area contributed by atoms with Crippen LogP contribution in [0.1, 0.15) is 25.3 Å². The molecule has 2 rings (SSSR count). The maximum absolute atomic E-state index is 12.5. The lowest BCUT2D eigenvalue weighted by Gasteiger charge is -2.35. The van der Waals surface area contributed by atoms with Gasteiger partial charge in [-0.2, -0.15) is 0 Å². The predicted octanol–water partition coefficient (Wildman–Crippen LogP) is 2.77. The molecule has 0 fully saturated rings. The molecule has 0 aliphatic heterocycles. The van der Waals surface area contributed by atoms with E-state index in [1.807, 2.05) is 43.3 Å². The van der Waals surface area contributed by atoms with Gasteiger partial charge in [0.25, 0.3) is 0 Å². The summed E-state index contributed by atoms with van der Waals surface area (Å²) in [7, 11) is 4.13. The number of likely N-dealkylation sites (N-methyl/N-ethyl adjacent to an activating group) is 1. The number of esters is 1. The molecular weight excluding hydrogens is 250 g/mol. The largest absolute Gasteiger partial charge is 0.465 e. The summed E-state index contributed by atoms with van der Waals surface area (Å²) < 4.78 is 5.33. The van der Waals surface area contributed by atoms with Crippen LogP contribution in [0.5, 0.6) is 0 Å². The van der Waals surface area contributed by atoms with Crippen LogP contribution in [0.15, 0.2) is 42.5 Å². The van der Waals surface area contributed by atoms with Crippen LogP contribution in [-0.4, -0.2) is 37.6 Å². The number of benzene rings is 1. The van der Waals surface area contributed by atoms with E-state index in [0.29, 0.717) is 12.6 Å². The number of rotatable bonds is 4. The first-order chi connectivity index (χ1) is 9.60. The van der Waals surface area contributed by atoms with Crippen LogP contribution in [-0.2, 0) is 14.9 Å². The van der Waals surface area contributed by atoms with E-state index < -0.39 is 5.41 Å². The van der Waals surface area contributed by atoms with Crippen LogP contribution >= 0.6 is 0 Å². The van der Waals surface area contributed by atoms with Crippen molar-refractivity contribution in [1.82, 2.24) is 4.90 Å². The lowest BCUT2D eigenvalue weighted by molar-refractivity contribution is -0.148. The molecule has 2 unspecified atom stereocenters. The molecule has 0 heterocycles. The van der Waals surface area contributed by atoms with Gasteiger partial charge in [-0.3, -0.25) is 4.79 Å². The summed E-state index contributed by atoms with van der Waals surface area (Å²) in [6.45, 7) is 2.27. The standard InChI is InChI=1S/C17H23NO2/c1-4-20-16(19)17(14-8-6-5-7-9-14)12-10-15(11-13-17)18(2)3/h5-10,12,15H,4,11,13H2,1-3H3. The Kier molecular flexibility index (Phi) is 4.61. The molecule has 0 amide bonds. The van der Waals surface area contributed by atoms with Crippen molar-refractivity contribution in [2.75, 3.05) is 20.7 Å². The van der Waals surface area contributed by atoms with Crippen molar-refractivity contribution in [2.45, 2.75) is 31.2 Å². The lowest BCUT2D eigenvalue weighted by atomic mass is 9.72. The average Bonchev–Trinajstić information content (AvgIpc) is 2.48. The molecule has 0 saturated carbocycles. The summed E-state index contributed by atoms with van der Waals surface area (Å²) in [6, 6.07) is 10.3. The maximum Gasteiger partial charge on any atom is 0.320 e. The first-order valence-electron chi connectivity index (χ1n) is 7.18. The maximum atomic E-state index is 12.5. The van der Waals surface area contributed by atoms with E-state index in [4.69, 9.17) is 4.74 Å². The Bertz CT molecular complexity index is 481. The molecular formula is C17H23NO2. The van der Waals surface area contributed by atoms with Gasteiger partial charge in [-0.1, -0.05) is 42.5 Å². The minimum atomic E-state index is -0.621. The van der Waals surface area contributed by atoms with Crippen molar-refractivity contribution in [3.05, 3.63) is 48.0 Å². The lowest BCUT2D eigenvalue weighted by Crippen LogP contribution is -2.41. The van der Waals surface area contributed by atoms with Crippen LogP contribution in [0, 0.1) is 0 Å². The number of hydrogen-bond donors (Lipinski definition) is 0. The van der Waals surface area contributed by atoms with Crippen molar-refractivity contribution in [3.8, 4) is 0 Å². The van der Waals surface area contributed by atoms with Gasteiger partial charge in [0.05, 0.1) is 6.61 Å². The fourth-order valence-corrected chi connectivity index (χ4v) is 2.78. The average molecular weight is 273 g/mol. The Balaban J connectivity index is 2.37. The van der Waals surface area contributed by atoms with Crippen LogP contribution in [0.4, 0.5) is 0 Å². The summed E-state index contributed by atoms with van der Waals surface area (Å²) in [5.41, 5.74) is 0.399. The molecule has 1 aliphatic rings. The number of hydrogen-bond acceptors (Lipinski definition) is 3. The van der Waals surface area contributed by atoms with Gasteiger partial charge in [0.2, 0.25) is 0 Å². The highest BCUT2D eigenvalue weighted by Crippen LogP contribution is 2.37. The fraction of sp³-hybridized carbons (Fsp3) is 0.471. The van der Waals surface area contributed by atoms with Crippen molar-refractivity contribution < 1.29 is 9.53 Å². The monoisotopic (exact) mass is 273 g/mol. The second kappa shape index (κ2) is 6.23. The molecule has 0 aromatic heterocycles. The Morgan fingerprint density at radius 1 is 1.35 bits per heavy atom. The molecule has 3 nitrogen and oxygen atoms in total. The van der Waals surface area contributed by atoms with Crippen LogP contribution in [0.25, 0.3) is 0 Å². The number of carbonyl (C=O) groups excluding carboxylic acids is 1. The van der Waals surface area contributed by atoms with Gasteiger partial charge >= 0.3 is 5.97 Å². The highest BCUT2D eigenvalue weighted by Gasteiger charge is 2.41. The van der Waals surface area contributed by atoms with Gasteiger partial charge in [-0.15, -0.1) is 0 Å². The Labute approximate surface area is 121 Å². The van der Waals surface area contributed by atoms with Crippen molar-refractivity contribution in [2.24, 2.45) is 0 Å². The second-order valence-electron chi connectivity index (χ2n) is 5.49. The van der Waals surface area contributed by atoms with Crippen molar-refractivity contribution >= 4 is 5.97 Å².